The van der Waals surface area contributed by atoms with Crippen LogP contribution in [-0.4, -0.2) is 60.6 Å². The van der Waals surface area contributed by atoms with Crippen LogP contribution < -0.4 is 15.4 Å². The smallest absolute Gasteiger partial charge is 0.213 e. The van der Waals surface area contributed by atoms with Gasteiger partial charge in [0.1, 0.15) is 5.82 Å². The number of aliphatic imine (C=N–C) groups is 1. The van der Waals surface area contributed by atoms with Gasteiger partial charge in [-0.05, 0) is 32.1 Å². The molecule has 1 aromatic heterocycles. The highest BCUT2D eigenvalue weighted by Crippen LogP contribution is 2.25. The Morgan fingerprint density at radius 2 is 2.11 bits per heavy atom. The van der Waals surface area contributed by atoms with Crippen LogP contribution in [0.1, 0.15) is 51.2 Å². The van der Waals surface area contributed by atoms with Gasteiger partial charge in [0.15, 0.2) is 11.8 Å². The predicted molar refractivity (Wildman–Crippen MR) is 110 cm³/mol. The third kappa shape index (κ3) is 5.91. The first-order chi connectivity index (χ1) is 13.5. The van der Waals surface area contributed by atoms with Gasteiger partial charge in [0.05, 0.1) is 18.8 Å². The van der Waals surface area contributed by atoms with E-state index < -0.39 is 10.0 Å². The summed E-state index contributed by atoms with van der Waals surface area (Å²) in [6, 6.07) is 0.199. The molecule has 0 radical (unpaired) electrons. The summed E-state index contributed by atoms with van der Waals surface area (Å²) in [7, 11) is -3.27. The van der Waals surface area contributed by atoms with Crippen molar-refractivity contribution >= 4 is 16.0 Å². The number of sulfonamides is 1. The molecule has 0 bridgehead atoms. The maximum atomic E-state index is 12.1. The van der Waals surface area contributed by atoms with E-state index in [0.717, 1.165) is 56.8 Å². The van der Waals surface area contributed by atoms with Crippen molar-refractivity contribution in [1.82, 2.24) is 30.1 Å². The summed E-state index contributed by atoms with van der Waals surface area (Å²) < 4.78 is 28.9. The Balaban J connectivity index is 1.49. The highest BCUT2D eigenvalue weighted by atomic mass is 32.2. The van der Waals surface area contributed by atoms with Crippen molar-refractivity contribution in [3.05, 3.63) is 11.6 Å². The van der Waals surface area contributed by atoms with Crippen molar-refractivity contribution in [2.45, 2.75) is 65.0 Å². The average Bonchev–Trinajstić information content (AvgIpc) is 3.02. The van der Waals surface area contributed by atoms with E-state index in [1.807, 2.05) is 11.6 Å². The first kappa shape index (κ1) is 21.0. The maximum Gasteiger partial charge on any atom is 0.213 e. The lowest BCUT2D eigenvalue weighted by atomic mass is 9.86. The maximum absolute atomic E-state index is 12.1. The Bertz CT molecular complexity index is 771. The molecule has 0 saturated heterocycles. The fourth-order valence-electron chi connectivity index (χ4n) is 3.43. The molecule has 1 atom stereocenters. The molecule has 1 unspecified atom stereocenters. The number of guanidine groups is 1. The number of nitrogens with zero attached hydrogens (tertiary/aromatic N) is 4. The Labute approximate surface area is 167 Å². The van der Waals surface area contributed by atoms with E-state index in [2.05, 4.69) is 37.4 Å². The third-order valence-corrected chi connectivity index (χ3v) is 6.68. The molecule has 1 aliphatic heterocycles. The Morgan fingerprint density at radius 1 is 1.29 bits per heavy atom. The number of hydrogen-bond donors (Lipinski definition) is 3. The van der Waals surface area contributed by atoms with E-state index >= 15 is 0 Å². The van der Waals surface area contributed by atoms with Gasteiger partial charge in [-0.25, -0.2) is 22.8 Å². The minimum atomic E-state index is -3.27. The van der Waals surface area contributed by atoms with Crippen molar-refractivity contribution < 1.29 is 8.42 Å². The number of nitrogens with one attached hydrogen (secondary N) is 3. The lowest BCUT2D eigenvalue weighted by Crippen LogP contribution is -2.47. The Kier molecular flexibility index (Phi) is 7.28. The summed E-state index contributed by atoms with van der Waals surface area (Å²) >= 11 is 0. The van der Waals surface area contributed by atoms with Crippen LogP contribution in [-0.2, 0) is 29.4 Å². The number of aromatic nitrogens is 3. The van der Waals surface area contributed by atoms with E-state index in [1.54, 1.807) is 0 Å². The van der Waals surface area contributed by atoms with Gasteiger partial charge in [0.25, 0.3) is 0 Å². The zero-order valence-electron chi connectivity index (χ0n) is 16.9. The fourth-order valence-corrected chi connectivity index (χ4v) is 4.40. The van der Waals surface area contributed by atoms with E-state index in [0.29, 0.717) is 18.4 Å². The van der Waals surface area contributed by atoms with Gasteiger partial charge in [0.2, 0.25) is 10.0 Å². The van der Waals surface area contributed by atoms with Crippen LogP contribution in [0, 0.1) is 5.92 Å². The molecule has 0 aromatic carbocycles. The average molecular weight is 412 g/mol. The second-order valence-corrected chi connectivity index (χ2v) is 9.51. The number of fused-ring (bicyclic) bond motifs is 1. The second kappa shape index (κ2) is 9.69. The predicted octanol–water partition coefficient (Wildman–Crippen LogP) is 0.430. The number of rotatable bonds is 9. The van der Waals surface area contributed by atoms with Crippen molar-refractivity contribution in [2.24, 2.45) is 10.9 Å². The zero-order chi connectivity index (χ0) is 20.0. The quantitative estimate of drug-likeness (QED) is 0.401. The standard InChI is InChI=1S/C18H33N7O2S/c1-3-16-23-17-9-8-15(13-25(17)24-16)22-18(19-4-2)20-10-11-28(26,27)21-12-14-6-5-7-14/h14-15,21H,3-13H2,1-2H3,(H2,19,20,22). The summed E-state index contributed by atoms with van der Waals surface area (Å²) in [6.07, 6.45) is 6.14. The van der Waals surface area contributed by atoms with Gasteiger partial charge in [0, 0.05) is 32.0 Å². The van der Waals surface area contributed by atoms with E-state index in [9.17, 15) is 8.42 Å². The summed E-state index contributed by atoms with van der Waals surface area (Å²) in [5.41, 5.74) is 0. The highest BCUT2D eigenvalue weighted by Gasteiger charge is 2.22. The molecule has 1 aromatic rings. The molecule has 3 N–H and O–H groups in total. The number of aryl methyl sites for hydroxylation is 2. The molecule has 1 saturated carbocycles. The first-order valence-corrected chi connectivity index (χ1v) is 12.1. The SMILES string of the molecule is CCNC(=NCCS(=O)(=O)NCC1CCC1)NC1CCc2nc(CC)nn2C1. The molecule has 28 heavy (non-hydrogen) atoms. The van der Waals surface area contributed by atoms with Crippen LogP contribution in [0.3, 0.4) is 0 Å². The van der Waals surface area contributed by atoms with Gasteiger partial charge >= 0.3 is 0 Å². The largest absolute Gasteiger partial charge is 0.357 e. The third-order valence-electron chi connectivity index (χ3n) is 5.35. The Morgan fingerprint density at radius 3 is 2.79 bits per heavy atom. The van der Waals surface area contributed by atoms with Crippen LogP contribution in [0.15, 0.2) is 4.99 Å². The highest BCUT2D eigenvalue weighted by molar-refractivity contribution is 7.89. The summed E-state index contributed by atoms with van der Waals surface area (Å²) in [5.74, 6) is 3.10. The molecule has 1 fully saturated rings. The molecule has 0 amide bonds. The fraction of sp³-hybridized carbons (Fsp3) is 0.833. The van der Waals surface area contributed by atoms with Gasteiger partial charge in [-0.3, -0.25) is 4.99 Å². The van der Waals surface area contributed by atoms with Crippen LogP contribution in [0.4, 0.5) is 0 Å². The van der Waals surface area contributed by atoms with Crippen LogP contribution in [0.2, 0.25) is 0 Å². The number of hydrogen-bond acceptors (Lipinski definition) is 5. The first-order valence-electron chi connectivity index (χ1n) is 10.4. The van der Waals surface area contributed by atoms with Gasteiger partial charge < -0.3 is 10.6 Å². The normalized spacial score (nSPS) is 20.5. The van der Waals surface area contributed by atoms with E-state index in [1.165, 1.54) is 6.42 Å². The molecule has 2 aliphatic rings. The van der Waals surface area contributed by atoms with Crippen LogP contribution in [0.25, 0.3) is 0 Å². The van der Waals surface area contributed by atoms with Crippen LogP contribution >= 0.6 is 0 Å². The van der Waals surface area contributed by atoms with Crippen molar-refractivity contribution in [3.63, 3.8) is 0 Å². The minimum Gasteiger partial charge on any atom is -0.357 e. The molecular weight excluding hydrogens is 378 g/mol. The zero-order valence-corrected chi connectivity index (χ0v) is 17.8. The second-order valence-electron chi connectivity index (χ2n) is 7.58. The van der Waals surface area contributed by atoms with Crippen molar-refractivity contribution in [3.8, 4) is 0 Å². The molecule has 2 heterocycles. The lowest BCUT2D eigenvalue weighted by Gasteiger charge is -2.25. The van der Waals surface area contributed by atoms with Gasteiger partial charge in [-0.15, -0.1) is 0 Å². The van der Waals surface area contributed by atoms with Crippen molar-refractivity contribution in [1.29, 1.82) is 0 Å². The van der Waals surface area contributed by atoms with Gasteiger partial charge in [-0.1, -0.05) is 13.3 Å². The molecule has 158 valence electrons. The molecule has 3 rings (SSSR count). The summed E-state index contributed by atoms with van der Waals surface area (Å²) in [5, 5.41) is 11.1. The van der Waals surface area contributed by atoms with E-state index in [-0.39, 0.29) is 18.3 Å². The van der Waals surface area contributed by atoms with Crippen LogP contribution in [0.5, 0.6) is 0 Å². The molecular formula is C18H33N7O2S. The van der Waals surface area contributed by atoms with Crippen molar-refractivity contribution in [2.75, 3.05) is 25.4 Å². The summed E-state index contributed by atoms with van der Waals surface area (Å²) in [4.78, 5) is 9.00. The van der Waals surface area contributed by atoms with E-state index in [4.69, 9.17) is 0 Å². The molecule has 0 spiro atoms. The summed E-state index contributed by atoms with van der Waals surface area (Å²) in [6.45, 7) is 6.32. The monoisotopic (exact) mass is 411 g/mol. The molecule has 10 heteroatoms. The van der Waals surface area contributed by atoms with Gasteiger partial charge in [-0.2, -0.15) is 5.10 Å². The lowest BCUT2D eigenvalue weighted by molar-refractivity contribution is 0.316. The Hall–Kier alpha value is -1.68. The topological polar surface area (TPSA) is 113 Å². The molecule has 9 nitrogen and oxygen atoms in total. The minimum absolute atomic E-state index is 0.00798. The molecule has 1 aliphatic carbocycles.